The molecule has 1 aliphatic heterocycles. The Labute approximate surface area is 68.6 Å². The van der Waals surface area contributed by atoms with E-state index in [0.29, 0.717) is 0 Å². The summed E-state index contributed by atoms with van der Waals surface area (Å²) in [6.07, 6.45) is -4.04. The third kappa shape index (κ3) is 1.33. The first-order valence-electron chi connectivity index (χ1n) is 3.53. The van der Waals surface area contributed by atoms with Crippen molar-refractivity contribution in [3.63, 3.8) is 0 Å². The Morgan fingerprint density at radius 2 is 1.83 bits per heavy atom. The van der Waals surface area contributed by atoms with Gasteiger partial charge in [0.05, 0.1) is 13.2 Å². The van der Waals surface area contributed by atoms with E-state index in [2.05, 4.69) is 4.74 Å². The van der Waals surface area contributed by atoms with Crippen molar-refractivity contribution in [2.75, 3.05) is 13.2 Å². The molecule has 4 atom stereocenters. The SMILES string of the molecule is OCC1O[C@@](O)(CO)C(O)C1O. The zero-order valence-electron chi connectivity index (χ0n) is 6.29. The van der Waals surface area contributed by atoms with Crippen LogP contribution in [0.15, 0.2) is 0 Å². The number of hydrogen-bond donors (Lipinski definition) is 5. The highest BCUT2D eigenvalue weighted by molar-refractivity contribution is 4.94. The van der Waals surface area contributed by atoms with Crippen molar-refractivity contribution in [3.05, 3.63) is 0 Å². The highest BCUT2D eigenvalue weighted by Crippen LogP contribution is 2.28. The molecule has 1 rings (SSSR count). The van der Waals surface area contributed by atoms with Gasteiger partial charge in [-0.15, -0.1) is 0 Å². The molecule has 0 aliphatic carbocycles. The molecule has 0 saturated carbocycles. The smallest absolute Gasteiger partial charge is 0.219 e. The minimum absolute atomic E-state index is 0.527. The largest absolute Gasteiger partial charge is 0.394 e. The molecule has 6 nitrogen and oxygen atoms in total. The van der Waals surface area contributed by atoms with Crippen LogP contribution in [-0.2, 0) is 4.74 Å². The van der Waals surface area contributed by atoms with E-state index in [-0.39, 0.29) is 0 Å². The fraction of sp³-hybridized carbons (Fsp3) is 1.00. The van der Waals surface area contributed by atoms with Crippen molar-refractivity contribution in [3.8, 4) is 0 Å². The summed E-state index contributed by atoms with van der Waals surface area (Å²) in [5.74, 6) is -2.16. The van der Waals surface area contributed by atoms with Gasteiger partial charge in [-0.05, 0) is 0 Å². The molecule has 3 unspecified atom stereocenters. The van der Waals surface area contributed by atoms with Gasteiger partial charge in [-0.1, -0.05) is 0 Å². The molecule has 5 N–H and O–H groups in total. The number of aliphatic hydroxyl groups excluding tert-OH is 4. The first-order chi connectivity index (χ1) is 5.55. The van der Waals surface area contributed by atoms with E-state index >= 15 is 0 Å². The van der Waals surface area contributed by atoms with Crippen LogP contribution in [-0.4, -0.2) is 62.8 Å². The quantitative estimate of drug-likeness (QED) is 0.306. The van der Waals surface area contributed by atoms with Gasteiger partial charge in [-0.25, -0.2) is 0 Å². The molecule has 6 heteroatoms. The van der Waals surface area contributed by atoms with Crippen LogP contribution in [0.25, 0.3) is 0 Å². The lowest BCUT2D eigenvalue weighted by Gasteiger charge is -2.22. The van der Waals surface area contributed by atoms with Crippen LogP contribution in [0.1, 0.15) is 0 Å². The third-order valence-electron chi connectivity index (χ3n) is 1.93. The molecular weight excluding hydrogens is 168 g/mol. The maximum absolute atomic E-state index is 9.25. The zero-order chi connectivity index (χ0) is 9.35. The molecule has 0 aromatic carbocycles. The van der Waals surface area contributed by atoms with E-state index in [1.54, 1.807) is 0 Å². The molecule has 12 heavy (non-hydrogen) atoms. The monoisotopic (exact) mass is 180 g/mol. The summed E-state index contributed by atoms with van der Waals surface area (Å²) in [7, 11) is 0. The van der Waals surface area contributed by atoms with Gasteiger partial charge in [0.15, 0.2) is 0 Å². The van der Waals surface area contributed by atoms with Gasteiger partial charge >= 0.3 is 0 Å². The van der Waals surface area contributed by atoms with E-state index in [1.165, 1.54) is 0 Å². The molecule has 72 valence electrons. The highest BCUT2D eigenvalue weighted by Gasteiger charge is 2.52. The van der Waals surface area contributed by atoms with Crippen LogP contribution in [0.4, 0.5) is 0 Å². The van der Waals surface area contributed by atoms with E-state index in [1.807, 2.05) is 0 Å². The molecule has 0 spiro atoms. The Bertz CT molecular complexity index is 162. The van der Waals surface area contributed by atoms with Crippen LogP contribution in [0.3, 0.4) is 0 Å². The van der Waals surface area contributed by atoms with Crippen molar-refractivity contribution >= 4 is 0 Å². The van der Waals surface area contributed by atoms with E-state index < -0.39 is 37.3 Å². The molecule has 0 aromatic rings. The molecule has 0 radical (unpaired) electrons. The average Bonchev–Trinajstić information content (AvgIpc) is 2.31. The number of aliphatic hydroxyl groups is 5. The number of hydrogen-bond acceptors (Lipinski definition) is 6. The molecule has 1 aliphatic rings. The first kappa shape index (κ1) is 9.85. The van der Waals surface area contributed by atoms with E-state index in [9.17, 15) is 5.11 Å². The van der Waals surface area contributed by atoms with Gasteiger partial charge in [0.2, 0.25) is 5.79 Å². The summed E-state index contributed by atoms with van der Waals surface area (Å²) < 4.78 is 4.63. The molecule has 0 aromatic heterocycles. The van der Waals surface area contributed by atoms with Crippen molar-refractivity contribution in [2.45, 2.75) is 24.1 Å². The highest BCUT2D eigenvalue weighted by atomic mass is 16.7. The predicted octanol–water partition coefficient (Wildman–Crippen LogP) is -3.22. The summed E-state index contributed by atoms with van der Waals surface area (Å²) in [5, 5.41) is 44.7. The van der Waals surface area contributed by atoms with Gasteiger partial charge < -0.3 is 30.3 Å². The van der Waals surface area contributed by atoms with Crippen LogP contribution in [0.5, 0.6) is 0 Å². The Morgan fingerprint density at radius 1 is 1.25 bits per heavy atom. The van der Waals surface area contributed by atoms with E-state index in [0.717, 1.165) is 0 Å². The van der Waals surface area contributed by atoms with Crippen molar-refractivity contribution in [1.29, 1.82) is 0 Å². The maximum atomic E-state index is 9.25. The normalized spacial score (nSPS) is 48.2. The Morgan fingerprint density at radius 3 is 2.08 bits per heavy atom. The van der Waals surface area contributed by atoms with Crippen LogP contribution in [0, 0.1) is 0 Å². The lowest BCUT2D eigenvalue weighted by molar-refractivity contribution is -0.248. The van der Waals surface area contributed by atoms with Gasteiger partial charge in [-0.3, -0.25) is 0 Å². The molecule has 0 bridgehead atoms. The fourth-order valence-electron chi connectivity index (χ4n) is 1.15. The predicted molar refractivity (Wildman–Crippen MR) is 36.0 cm³/mol. The second kappa shape index (κ2) is 3.25. The number of ether oxygens (including phenoxy) is 1. The molecule has 1 saturated heterocycles. The third-order valence-corrected chi connectivity index (χ3v) is 1.93. The summed E-state index contributed by atoms with van der Waals surface area (Å²) in [4.78, 5) is 0. The van der Waals surface area contributed by atoms with Crippen LogP contribution < -0.4 is 0 Å². The molecular formula is C6H12O6. The Balaban J connectivity index is 2.72. The standard InChI is InChI=1S/C6H12O6/c7-1-3-4(9)5(10)6(11,2-8)12-3/h3-5,7-11H,1-2H2/t3?,4?,5?,6-/m0/s1. The average molecular weight is 180 g/mol. The second-order valence-corrected chi connectivity index (χ2v) is 2.78. The van der Waals surface area contributed by atoms with Gasteiger partial charge in [0, 0.05) is 0 Å². The summed E-state index contributed by atoms with van der Waals surface area (Å²) in [6.45, 7) is -1.36. The Kier molecular flexibility index (Phi) is 2.67. The van der Waals surface area contributed by atoms with Crippen molar-refractivity contribution in [2.24, 2.45) is 0 Å². The summed E-state index contributed by atoms with van der Waals surface area (Å²) in [5.41, 5.74) is 0. The summed E-state index contributed by atoms with van der Waals surface area (Å²) >= 11 is 0. The zero-order valence-corrected chi connectivity index (χ0v) is 6.29. The topological polar surface area (TPSA) is 110 Å². The lowest BCUT2D eigenvalue weighted by Crippen LogP contribution is -2.46. The maximum Gasteiger partial charge on any atom is 0.219 e. The van der Waals surface area contributed by atoms with E-state index in [4.69, 9.17) is 20.4 Å². The first-order valence-corrected chi connectivity index (χ1v) is 3.53. The minimum Gasteiger partial charge on any atom is -0.394 e. The van der Waals surface area contributed by atoms with Crippen molar-refractivity contribution < 1.29 is 30.3 Å². The lowest BCUT2D eigenvalue weighted by atomic mass is 10.1. The van der Waals surface area contributed by atoms with Crippen LogP contribution >= 0.6 is 0 Å². The molecule has 1 heterocycles. The fourth-order valence-corrected chi connectivity index (χ4v) is 1.15. The van der Waals surface area contributed by atoms with Crippen LogP contribution in [0.2, 0.25) is 0 Å². The second-order valence-electron chi connectivity index (χ2n) is 2.78. The molecule has 0 amide bonds. The minimum atomic E-state index is -2.16. The summed E-state index contributed by atoms with van der Waals surface area (Å²) in [6, 6.07) is 0. The van der Waals surface area contributed by atoms with Gasteiger partial charge in [0.1, 0.15) is 18.3 Å². The number of rotatable bonds is 2. The Hall–Kier alpha value is -0.240. The van der Waals surface area contributed by atoms with Crippen molar-refractivity contribution in [1.82, 2.24) is 0 Å². The molecule has 1 fully saturated rings. The van der Waals surface area contributed by atoms with Gasteiger partial charge in [-0.2, -0.15) is 0 Å². The van der Waals surface area contributed by atoms with Gasteiger partial charge in [0.25, 0.3) is 0 Å².